The molecule has 0 radical (unpaired) electrons. The van der Waals surface area contributed by atoms with Crippen molar-refractivity contribution in [1.29, 1.82) is 0 Å². The first kappa shape index (κ1) is 23.2. The minimum Gasteiger partial charge on any atom is -0.507 e. The average Bonchev–Trinajstić information content (AvgIpc) is 3.16. The first-order chi connectivity index (χ1) is 15.1. The van der Waals surface area contributed by atoms with Crippen LogP contribution in [0.3, 0.4) is 0 Å². The molecule has 2 aromatic rings. The molecule has 0 saturated heterocycles. The largest absolute Gasteiger partial charge is 0.507 e. The van der Waals surface area contributed by atoms with E-state index < -0.39 is 35.0 Å². The molecule has 1 aliphatic rings. The summed E-state index contributed by atoms with van der Waals surface area (Å²) in [6, 6.07) is 1.68. The van der Waals surface area contributed by atoms with Crippen LogP contribution in [0.5, 0.6) is 11.5 Å². The molecule has 1 amide bonds. The highest BCUT2D eigenvalue weighted by atomic mass is 19.2. The fraction of sp³-hybridized carbons (Fsp3) is 0.304. The highest BCUT2D eigenvalue weighted by molar-refractivity contribution is 5.98. The molecular formula is C23H22F3NO5. The van der Waals surface area contributed by atoms with Gasteiger partial charge < -0.3 is 19.9 Å². The molecule has 0 aliphatic carbocycles. The van der Waals surface area contributed by atoms with E-state index in [9.17, 15) is 27.9 Å². The Balaban J connectivity index is 1.69. The van der Waals surface area contributed by atoms with Crippen molar-refractivity contribution in [3.63, 3.8) is 0 Å². The van der Waals surface area contributed by atoms with Crippen LogP contribution in [0.1, 0.15) is 46.8 Å². The van der Waals surface area contributed by atoms with Gasteiger partial charge in [-0.15, -0.1) is 0 Å². The van der Waals surface area contributed by atoms with Crippen LogP contribution in [-0.4, -0.2) is 24.1 Å². The molecular weight excluding hydrogens is 427 g/mol. The van der Waals surface area contributed by atoms with E-state index in [0.29, 0.717) is 28.9 Å². The lowest BCUT2D eigenvalue weighted by Gasteiger charge is -2.15. The van der Waals surface area contributed by atoms with E-state index in [0.717, 1.165) is 17.7 Å². The van der Waals surface area contributed by atoms with Gasteiger partial charge in [0.25, 0.3) is 0 Å². The molecule has 0 fully saturated rings. The zero-order chi connectivity index (χ0) is 23.6. The number of halogens is 3. The molecule has 0 spiro atoms. The Morgan fingerprint density at radius 1 is 1.25 bits per heavy atom. The number of hydrogen-bond acceptors (Lipinski definition) is 5. The summed E-state index contributed by atoms with van der Waals surface area (Å²) in [4.78, 5) is 24.0. The first-order valence-electron chi connectivity index (χ1n) is 9.83. The van der Waals surface area contributed by atoms with Crippen LogP contribution in [0.15, 0.2) is 23.8 Å². The Bertz CT molecular complexity index is 1130. The van der Waals surface area contributed by atoms with Crippen LogP contribution in [-0.2, 0) is 22.6 Å². The maximum Gasteiger partial charge on any atom is 0.342 e. The fourth-order valence-corrected chi connectivity index (χ4v) is 3.55. The monoisotopic (exact) mass is 449 g/mol. The van der Waals surface area contributed by atoms with Crippen molar-refractivity contribution in [2.24, 2.45) is 0 Å². The van der Waals surface area contributed by atoms with E-state index >= 15 is 0 Å². The Labute approximate surface area is 182 Å². The molecule has 170 valence electrons. The molecule has 2 aromatic carbocycles. The number of methoxy groups -OCH3 is 1. The van der Waals surface area contributed by atoms with Crippen LogP contribution in [0.2, 0.25) is 0 Å². The third kappa shape index (κ3) is 4.42. The number of ether oxygens (including phenoxy) is 2. The van der Waals surface area contributed by atoms with Crippen LogP contribution >= 0.6 is 0 Å². The lowest BCUT2D eigenvalue weighted by molar-refractivity contribution is -0.116. The predicted octanol–water partition coefficient (Wildman–Crippen LogP) is 4.70. The number of rotatable bonds is 7. The summed E-state index contributed by atoms with van der Waals surface area (Å²) in [5, 5.41) is 12.8. The minimum atomic E-state index is -1.65. The van der Waals surface area contributed by atoms with Gasteiger partial charge in [0.1, 0.15) is 23.7 Å². The maximum absolute atomic E-state index is 13.7. The van der Waals surface area contributed by atoms with Crippen molar-refractivity contribution >= 4 is 17.6 Å². The summed E-state index contributed by atoms with van der Waals surface area (Å²) in [6.45, 7) is 3.62. The van der Waals surface area contributed by atoms with Gasteiger partial charge in [-0.05, 0) is 44.4 Å². The SMILES string of the molecule is COc1c(C)c2c(c(O)c1CC=C(C)CCC(=O)Nc1ccc(F)c(F)c1F)C(=O)OC2. The van der Waals surface area contributed by atoms with Gasteiger partial charge in [-0.25, -0.2) is 18.0 Å². The lowest BCUT2D eigenvalue weighted by atomic mass is 9.94. The fourth-order valence-electron chi connectivity index (χ4n) is 3.55. The van der Waals surface area contributed by atoms with Crippen LogP contribution in [0.25, 0.3) is 0 Å². The number of anilines is 1. The number of aromatic hydroxyl groups is 1. The number of benzene rings is 2. The van der Waals surface area contributed by atoms with E-state index in [-0.39, 0.29) is 30.8 Å². The maximum atomic E-state index is 13.7. The molecule has 32 heavy (non-hydrogen) atoms. The molecule has 9 heteroatoms. The van der Waals surface area contributed by atoms with Gasteiger partial charge in [0.2, 0.25) is 5.91 Å². The normalized spacial score (nSPS) is 13.1. The van der Waals surface area contributed by atoms with Gasteiger partial charge in [0.05, 0.1) is 12.8 Å². The molecule has 1 heterocycles. The molecule has 0 bridgehead atoms. The van der Waals surface area contributed by atoms with E-state index in [1.807, 2.05) is 0 Å². The van der Waals surface area contributed by atoms with Crippen LogP contribution < -0.4 is 10.1 Å². The van der Waals surface area contributed by atoms with Gasteiger partial charge in [0.15, 0.2) is 17.5 Å². The molecule has 0 saturated carbocycles. The number of hydrogen-bond donors (Lipinski definition) is 2. The Hall–Kier alpha value is -3.49. The quantitative estimate of drug-likeness (QED) is 0.364. The molecule has 6 nitrogen and oxygen atoms in total. The summed E-state index contributed by atoms with van der Waals surface area (Å²) < 4.78 is 50.4. The van der Waals surface area contributed by atoms with Crippen LogP contribution in [0.4, 0.5) is 18.9 Å². The van der Waals surface area contributed by atoms with Gasteiger partial charge in [-0.3, -0.25) is 4.79 Å². The average molecular weight is 449 g/mol. The van der Waals surface area contributed by atoms with Gasteiger partial charge in [-0.2, -0.15) is 0 Å². The Morgan fingerprint density at radius 3 is 2.66 bits per heavy atom. The third-order valence-electron chi connectivity index (χ3n) is 5.36. The number of phenols is 1. The minimum absolute atomic E-state index is 0.0283. The Morgan fingerprint density at radius 2 is 1.97 bits per heavy atom. The van der Waals surface area contributed by atoms with E-state index in [1.54, 1.807) is 19.9 Å². The van der Waals surface area contributed by atoms with Crippen molar-refractivity contribution in [3.8, 4) is 11.5 Å². The van der Waals surface area contributed by atoms with Crippen molar-refractivity contribution in [2.45, 2.75) is 39.7 Å². The summed E-state index contributed by atoms with van der Waals surface area (Å²) in [5.74, 6) is -5.35. The van der Waals surface area contributed by atoms with Gasteiger partial charge in [0, 0.05) is 17.5 Å². The number of cyclic esters (lactones) is 1. The highest BCUT2D eigenvalue weighted by Gasteiger charge is 2.31. The topological polar surface area (TPSA) is 84.9 Å². The highest BCUT2D eigenvalue weighted by Crippen LogP contribution is 2.42. The third-order valence-corrected chi connectivity index (χ3v) is 5.36. The van der Waals surface area contributed by atoms with Crippen molar-refractivity contribution < 1.29 is 37.3 Å². The van der Waals surface area contributed by atoms with E-state index in [1.165, 1.54) is 7.11 Å². The molecule has 1 aliphatic heterocycles. The number of phenolic OH excluding ortho intramolecular Hbond substituents is 1. The molecule has 0 unspecified atom stereocenters. The number of carbonyl (C=O) groups excluding carboxylic acids is 2. The molecule has 2 N–H and O–H groups in total. The van der Waals surface area contributed by atoms with E-state index in [2.05, 4.69) is 5.32 Å². The summed E-state index contributed by atoms with van der Waals surface area (Å²) in [5.41, 5.74) is 2.21. The van der Waals surface area contributed by atoms with Crippen molar-refractivity contribution in [1.82, 2.24) is 0 Å². The second-order valence-electron chi connectivity index (χ2n) is 7.44. The smallest absolute Gasteiger partial charge is 0.342 e. The summed E-state index contributed by atoms with van der Waals surface area (Å²) >= 11 is 0. The Kier molecular flexibility index (Phi) is 6.76. The zero-order valence-corrected chi connectivity index (χ0v) is 17.8. The number of allylic oxidation sites excluding steroid dienone is 2. The van der Waals surface area contributed by atoms with Gasteiger partial charge >= 0.3 is 5.97 Å². The van der Waals surface area contributed by atoms with E-state index in [4.69, 9.17) is 9.47 Å². The zero-order valence-electron chi connectivity index (χ0n) is 17.8. The second kappa shape index (κ2) is 9.33. The van der Waals surface area contributed by atoms with Crippen molar-refractivity contribution in [2.75, 3.05) is 12.4 Å². The second-order valence-corrected chi connectivity index (χ2v) is 7.44. The number of fused-ring (bicyclic) bond motifs is 1. The molecule has 0 atom stereocenters. The molecule has 3 rings (SSSR count). The van der Waals surface area contributed by atoms with Crippen molar-refractivity contribution in [3.05, 3.63) is 63.5 Å². The first-order valence-corrected chi connectivity index (χ1v) is 9.83. The summed E-state index contributed by atoms with van der Waals surface area (Å²) in [6.07, 6.45) is 2.28. The summed E-state index contributed by atoms with van der Waals surface area (Å²) in [7, 11) is 1.47. The number of esters is 1. The standard InChI is InChI=1S/C23H22F3NO5/c1-11(5-9-17(28)27-16-8-7-15(24)19(25)20(16)26)4-6-13-21(29)18-14(10-32-23(18)30)12(2)22(13)31-3/h4,7-8,29H,5-6,9-10H2,1-3H3,(H,27,28). The number of amides is 1. The van der Waals surface area contributed by atoms with Gasteiger partial charge in [-0.1, -0.05) is 11.6 Å². The number of carbonyl (C=O) groups is 2. The van der Waals surface area contributed by atoms with Crippen LogP contribution in [0, 0.1) is 24.4 Å². The predicted molar refractivity (Wildman–Crippen MR) is 110 cm³/mol. The number of nitrogens with one attached hydrogen (secondary N) is 1. The lowest BCUT2D eigenvalue weighted by Crippen LogP contribution is -2.13. The molecule has 0 aromatic heterocycles.